The van der Waals surface area contributed by atoms with E-state index in [2.05, 4.69) is 0 Å². The smallest absolute Gasteiger partial charge is 0.394 e. The highest BCUT2D eigenvalue weighted by Crippen LogP contribution is 2.38. The van der Waals surface area contributed by atoms with E-state index in [4.69, 9.17) is 5.11 Å². The van der Waals surface area contributed by atoms with E-state index in [-0.39, 0.29) is 5.25 Å². The average molecular weight is 361 g/mol. The van der Waals surface area contributed by atoms with Crippen LogP contribution in [0.4, 0.5) is 13.2 Å². The fourth-order valence-corrected chi connectivity index (χ4v) is 3.67. The number of thioether (sulfide) groups is 1. The van der Waals surface area contributed by atoms with Crippen molar-refractivity contribution in [2.75, 3.05) is 13.1 Å². The second-order valence-corrected chi connectivity index (χ2v) is 7.58. The van der Waals surface area contributed by atoms with Crippen LogP contribution in [0.25, 0.3) is 0 Å². The van der Waals surface area contributed by atoms with Gasteiger partial charge in [-0.1, -0.05) is 26.0 Å². The molecule has 132 valence electrons. The van der Waals surface area contributed by atoms with E-state index in [1.165, 1.54) is 11.8 Å². The number of carboxylic acid groups (broad SMARTS) is 1. The molecule has 1 heterocycles. The predicted octanol–water partition coefficient (Wildman–Crippen LogP) is 3.52. The zero-order valence-corrected chi connectivity index (χ0v) is 14.0. The van der Waals surface area contributed by atoms with Crippen LogP contribution in [-0.4, -0.2) is 46.4 Å². The number of aliphatic carboxylic acids is 1. The van der Waals surface area contributed by atoms with E-state index in [1.54, 1.807) is 24.3 Å². The van der Waals surface area contributed by atoms with Crippen LogP contribution in [0.3, 0.4) is 0 Å². The molecule has 2 atom stereocenters. The first-order chi connectivity index (χ1) is 11.1. The van der Waals surface area contributed by atoms with Gasteiger partial charge in [0.15, 0.2) is 0 Å². The number of carbonyl (C=O) groups is 2. The van der Waals surface area contributed by atoms with Gasteiger partial charge in [-0.15, -0.1) is 11.8 Å². The lowest BCUT2D eigenvalue weighted by atomic mass is 9.96. The average Bonchev–Trinajstić information content (AvgIpc) is 2.92. The molecule has 1 aliphatic heterocycles. The Balaban J connectivity index is 2.27. The van der Waals surface area contributed by atoms with Gasteiger partial charge in [0.05, 0.1) is 17.4 Å². The lowest BCUT2D eigenvalue weighted by molar-refractivity contribution is -0.187. The van der Waals surface area contributed by atoms with E-state index >= 15 is 0 Å². The third-order valence-corrected chi connectivity index (χ3v) is 4.91. The molecule has 1 amide bonds. The summed E-state index contributed by atoms with van der Waals surface area (Å²) in [5.41, 5.74) is 0.308. The molecule has 1 N–H and O–H groups in total. The van der Waals surface area contributed by atoms with Gasteiger partial charge >= 0.3 is 12.1 Å². The number of hydrogen-bond acceptors (Lipinski definition) is 3. The lowest BCUT2D eigenvalue weighted by Gasteiger charge is -2.19. The standard InChI is InChI=1S/C16H18F3NO3S/c1-9(2)24-13-6-4-3-5-10(13)14(21)20-7-11(15(22)23)12(8-20)16(17,18)19/h3-6,9,11-12H,7-8H2,1-2H3,(H,22,23)/t11-,12-/m1/s1. The van der Waals surface area contributed by atoms with Gasteiger partial charge in [0.1, 0.15) is 0 Å². The molecule has 0 radical (unpaired) electrons. The quantitative estimate of drug-likeness (QED) is 0.834. The lowest BCUT2D eigenvalue weighted by Crippen LogP contribution is -2.34. The Kier molecular flexibility index (Phi) is 5.47. The minimum absolute atomic E-state index is 0.201. The molecular weight excluding hydrogens is 343 g/mol. The van der Waals surface area contributed by atoms with Crippen molar-refractivity contribution >= 4 is 23.6 Å². The van der Waals surface area contributed by atoms with Crippen molar-refractivity contribution in [2.24, 2.45) is 11.8 Å². The number of likely N-dealkylation sites (tertiary alicyclic amines) is 1. The summed E-state index contributed by atoms with van der Waals surface area (Å²) in [6.07, 6.45) is -4.65. The van der Waals surface area contributed by atoms with Gasteiger partial charge in [-0.3, -0.25) is 9.59 Å². The number of amides is 1. The summed E-state index contributed by atoms with van der Waals surface area (Å²) in [6.45, 7) is 2.84. The van der Waals surface area contributed by atoms with Gasteiger partial charge in [0.2, 0.25) is 0 Å². The number of alkyl halides is 3. The molecule has 1 aliphatic rings. The Hall–Kier alpha value is -1.70. The number of rotatable bonds is 4. The monoisotopic (exact) mass is 361 g/mol. The van der Waals surface area contributed by atoms with E-state index < -0.39 is 43.0 Å². The third kappa shape index (κ3) is 4.03. The van der Waals surface area contributed by atoms with E-state index in [0.717, 1.165) is 4.90 Å². The second kappa shape index (κ2) is 7.04. The molecule has 1 aromatic carbocycles. The molecule has 8 heteroatoms. The van der Waals surface area contributed by atoms with Crippen LogP contribution in [0.5, 0.6) is 0 Å². The highest BCUT2D eigenvalue weighted by molar-refractivity contribution is 8.00. The molecule has 0 bridgehead atoms. The molecular formula is C16H18F3NO3S. The summed E-state index contributed by atoms with van der Waals surface area (Å²) in [4.78, 5) is 25.5. The Morgan fingerprint density at radius 1 is 1.25 bits per heavy atom. The summed E-state index contributed by atoms with van der Waals surface area (Å²) >= 11 is 1.44. The van der Waals surface area contributed by atoms with Crippen LogP contribution < -0.4 is 0 Å². The van der Waals surface area contributed by atoms with Gasteiger partial charge in [-0.2, -0.15) is 13.2 Å². The van der Waals surface area contributed by atoms with Crippen LogP contribution in [0, 0.1) is 11.8 Å². The van der Waals surface area contributed by atoms with Crippen LogP contribution >= 0.6 is 11.8 Å². The van der Waals surface area contributed by atoms with Crippen molar-refractivity contribution in [1.29, 1.82) is 0 Å². The maximum atomic E-state index is 13.1. The van der Waals surface area contributed by atoms with Crippen molar-refractivity contribution < 1.29 is 27.9 Å². The number of benzene rings is 1. The van der Waals surface area contributed by atoms with Gasteiger partial charge in [0, 0.05) is 23.2 Å². The van der Waals surface area contributed by atoms with Gasteiger partial charge in [-0.25, -0.2) is 0 Å². The van der Waals surface area contributed by atoms with Gasteiger partial charge < -0.3 is 10.0 Å². The first kappa shape index (κ1) is 18.6. The minimum Gasteiger partial charge on any atom is -0.481 e. The predicted molar refractivity (Wildman–Crippen MR) is 84.0 cm³/mol. The summed E-state index contributed by atoms with van der Waals surface area (Å²) in [5.74, 6) is -5.75. The van der Waals surface area contributed by atoms with Crippen LogP contribution in [0.15, 0.2) is 29.2 Å². The molecule has 4 nitrogen and oxygen atoms in total. The Bertz CT molecular complexity index is 633. The maximum absolute atomic E-state index is 13.1. The number of halogens is 3. The molecule has 0 aliphatic carbocycles. The molecule has 1 saturated heterocycles. The van der Waals surface area contributed by atoms with E-state index in [9.17, 15) is 22.8 Å². The summed E-state index contributed by atoms with van der Waals surface area (Å²) < 4.78 is 39.2. The van der Waals surface area contributed by atoms with Gasteiger partial charge in [-0.05, 0) is 12.1 Å². The van der Waals surface area contributed by atoms with Crippen LogP contribution in [0.2, 0.25) is 0 Å². The highest BCUT2D eigenvalue weighted by atomic mass is 32.2. The normalized spacial score (nSPS) is 21.3. The fourth-order valence-electron chi connectivity index (χ4n) is 2.72. The molecule has 0 saturated carbocycles. The molecule has 24 heavy (non-hydrogen) atoms. The summed E-state index contributed by atoms with van der Waals surface area (Å²) in [6, 6.07) is 6.70. The molecule has 2 rings (SSSR count). The topological polar surface area (TPSA) is 57.6 Å². The molecule has 0 spiro atoms. The molecule has 0 unspecified atom stereocenters. The fraction of sp³-hybridized carbons (Fsp3) is 0.500. The first-order valence-electron chi connectivity index (χ1n) is 7.45. The summed E-state index contributed by atoms with van der Waals surface area (Å²) in [5, 5.41) is 9.25. The van der Waals surface area contributed by atoms with Crippen molar-refractivity contribution in [1.82, 2.24) is 4.90 Å². The first-order valence-corrected chi connectivity index (χ1v) is 8.33. The zero-order valence-electron chi connectivity index (χ0n) is 13.2. The number of carbonyl (C=O) groups excluding carboxylic acids is 1. The van der Waals surface area contributed by atoms with E-state index in [0.29, 0.717) is 10.5 Å². The molecule has 1 aromatic rings. The second-order valence-electron chi connectivity index (χ2n) is 5.97. The van der Waals surface area contributed by atoms with Crippen molar-refractivity contribution in [3.63, 3.8) is 0 Å². The molecule has 0 aromatic heterocycles. The SMILES string of the molecule is CC(C)Sc1ccccc1C(=O)N1C[C@@H](C(F)(F)F)[C@H](C(=O)O)C1. The van der Waals surface area contributed by atoms with Crippen LogP contribution in [-0.2, 0) is 4.79 Å². The van der Waals surface area contributed by atoms with Crippen molar-refractivity contribution in [3.8, 4) is 0 Å². The van der Waals surface area contributed by atoms with Crippen molar-refractivity contribution in [2.45, 2.75) is 30.2 Å². The Morgan fingerprint density at radius 2 is 1.88 bits per heavy atom. The van der Waals surface area contributed by atoms with Crippen molar-refractivity contribution in [3.05, 3.63) is 29.8 Å². The number of hydrogen-bond donors (Lipinski definition) is 1. The van der Waals surface area contributed by atoms with Crippen LogP contribution in [0.1, 0.15) is 24.2 Å². The maximum Gasteiger partial charge on any atom is 0.394 e. The van der Waals surface area contributed by atoms with Gasteiger partial charge in [0.25, 0.3) is 5.91 Å². The Morgan fingerprint density at radius 3 is 2.38 bits per heavy atom. The minimum atomic E-state index is -4.65. The number of carboxylic acids is 1. The number of nitrogens with zero attached hydrogens (tertiary/aromatic N) is 1. The largest absolute Gasteiger partial charge is 0.481 e. The Labute approximate surface area is 142 Å². The summed E-state index contributed by atoms with van der Waals surface area (Å²) in [7, 11) is 0. The molecule has 1 fully saturated rings. The van der Waals surface area contributed by atoms with E-state index in [1.807, 2.05) is 13.8 Å². The highest BCUT2D eigenvalue weighted by Gasteiger charge is 2.53. The third-order valence-electron chi connectivity index (χ3n) is 3.82. The zero-order chi connectivity index (χ0) is 18.1.